The summed E-state index contributed by atoms with van der Waals surface area (Å²) in [6.45, 7) is 3.74. The predicted molar refractivity (Wildman–Crippen MR) is 112 cm³/mol. The molecule has 11 heteroatoms. The van der Waals surface area contributed by atoms with Gasteiger partial charge >= 0.3 is 6.18 Å². The zero-order valence-electron chi connectivity index (χ0n) is 16.7. The van der Waals surface area contributed by atoms with Crippen LogP contribution in [0.4, 0.5) is 13.2 Å². The molecule has 0 aliphatic carbocycles. The normalized spacial score (nSPS) is 12.7. The van der Waals surface area contributed by atoms with Gasteiger partial charge in [0.2, 0.25) is 0 Å². The molecule has 0 saturated carbocycles. The number of hydrogen-bond acceptors (Lipinski definition) is 5. The summed E-state index contributed by atoms with van der Waals surface area (Å²) in [4.78, 5) is 0.324. The minimum atomic E-state index is -4.55. The Labute approximate surface area is 180 Å². The quantitative estimate of drug-likeness (QED) is 0.406. The van der Waals surface area contributed by atoms with Crippen LogP contribution in [0.5, 0.6) is 5.75 Å². The molecule has 0 unspecified atom stereocenters. The Bertz CT molecular complexity index is 1370. The lowest BCUT2D eigenvalue weighted by atomic mass is 10.2. The van der Waals surface area contributed by atoms with Crippen LogP contribution < -0.4 is 4.74 Å². The molecule has 0 aliphatic rings. The van der Waals surface area contributed by atoms with Crippen LogP contribution in [0.3, 0.4) is 0 Å². The molecular formula is C20H18F3N3O3S2. The second-order valence-electron chi connectivity index (χ2n) is 7.16. The van der Waals surface area contributed by atoms with Crippen molar-refractivity contribution in [2.45, 2.75) is 30.3 Å². The zero-order chi connectivity index (χ0) is 22.6. The van der Waals surface area contributed by atoms with E-state index in [1.54, 1.807) is 24.3 Å². The van der Waals surface area contributed by atoms with Crippen LogP contribution in [-0.2, 0) is 23.2 Å². The Morgan fingerprint density at radius 2 is 1.84 bits per heavy atom. The zero-order valence-corrected chi connectivity index (χ0v) is 18.3. The molecule has 0 amide bonds. The van der Waals surface area contributed by atoms with Crippen LogP contribution >= 0.6 is 11.3 Å². The van der Waals surface area contributed by atoms with E-state index in [9.17, 15) is 21.6 Å². The van der Waals surface area contributed by atoms with E-state index in [2.05, 4.69) is 5.10 Å². The molecule has 0 N–H and O–H groups in total. The number of benzene rings is 1. The summed E-state index contributed by atoms with van der Waals surface area (Å²) in [5, 5.41) is 4.60. The number of aryl methyl sites for hydroxylation is 1. The van der Waals surface area contributed by atoms with Crippen LogP contribution in [0.25, 0.3) is 21.5 Å². The van der Waals surface area contributed by atoms with Gasteiger partial charge in [0.25, 0.3) is 10.0 Å². The molecule has 0 spiro atoms. The number of ether oxygens (including phenoxy) is 1. The first-order chi connectivity index (χ1) is 14.5. The summed E-state index contributed by atoms with van der Waals surface area (Å²) in [5.41, 5.74) is -0.397. The summed E-state index contributed by atoms with van der Waals surface area (Å²) in [6.07, 6.45) is -3.18. The summed E-state index contributed by atoms with van der Waals surface area (Å²) in [7, 11) is -2.77. The Morgan fingerprint density at radius 1 is 1.10 bits per heavy atom. The van der Waals surface area contributed by atoms with Crippen molar-refractivity contribution >= 4 is 32.3 Å². The number of nitrogens with zero attached hydrogens (tertiary/aromatic N) is 3. The summed E-state index contributed by atoms with van der Waals surface area (Å²) < 4.78 is 73.2. The third-order valence-corrected chi connectivity index (χ3v) is 7.78. The molecule has 6 nitrogen and oxygen atoms in total. The number of fused-ring (bicyclic) bond motifs is 1. The van der Waals surface area contributed by atoms with Gasteiger partial charge in [-0.3, -0.25) is 4.68 Å². The van der Waals surface area contributed by atoms with Crippen molar-refractivity contribution in [2.24, 2.45) is 7.05 Å². The highest BCUT2D eigenvalue weighted by Gasteiger charge is 2.35. The second-order valence-corrected chi connectivity index (χ2v) is 10.3. The fourth-order valence-corrected chi connectivity index (χ4v) is 5.88. The van der Waals surface area contributed by atoms with Crippen LogP contribution in [-0.4, -0.2) is 28.3 Å². The van der Waals surface area contributed by atoms with Crippen molar-refractivity contribution in [3.63, 3.8) is 0 Å². The third-order valence-electron chi connectivity index (χ3n) is 4.52. The number of thiophene rings is 1. The average molecular weight is 470 g/mol. The van der Waals surface area contributed by atoms with E-state index < -0.39 is 21.9 Å². The molecule has 3 aromatic heterocycles. The Morgan fingerprint density at radius 3 is 2.48 bits per heavy atom. The van der Waals surface area contributed by atoms with Gasteiger partial charge in [0.15, 0.2) is 0 Å². The molecule has 0 radical (unpaired) electrons. The van der Waals surface area contributed by atoms with Crippen molar-refractivity contribution in [2.75, 3.05) is 0 Å². The maximum Gasteiger partial charge on any atom is 0.433 e. The summed E-state index contributed by atoms with van der Waals surface area (Å²) in [6, 6.07) is 10.6. The van der Waals surface area contributed by atoms with Gasteiger partial charge in [0, 0.05) is 24.7 Å². The molecule has 164 valence electrons. The van der Waals surface area contributed by atoms with Gasteiger partial charge in [-0.05, 0) is 50.2 Å². The second kappa shape index (κ2) is 7.41. The maximum absolute atomic E-state index is 13.2. The number of alkyl halides is 3. The van der Waals surface area contributed by atoms with E-state index in [1.165, 1.54) is 25.4 Å². The van der Waals surface area contributed by atoms with Crippen LogP contribution in [0, 0.1) is 0 Å². The maximum atomic E-state index is 13.2. The van der Waals surface area contributed by atoms with Crippen molar-refractivity contribution in [3.05, 3.63) is 54.4 Å². The standard InChI is InChI=1S/C20H18F3N3O3S2/c1-12(2)29-14-5-4-13-8-9-26(16(13)10-14)31(27,28)19-7-6-17(30-19)15-11-18(20(21,22)23)25(3)24-15/h4-12H,1-3H3. The average Bonchev–Trinajstić information content (AvgIpc) is 3.37. The molecule has 0 bridgehead atoms. The van der Waals surface area contributed by atoms with E-state index in [4.69, 9.17) is 4.74 Å². The van der Waals surface area contributed by atoms with Gasteiger partial charge < -0.3 is 4.74 Å². The van der Waals surface area contributed by atoms with Crippen molar-refractivity contribution in [1.82, 2.24) is 13.8 Å². The van der Waals surface area contributed by atoms with Crippen LogP contribution in [0.2, 0.25) is 0 Å². The molecule has 31 heavy (non-hydrogen) atoms. The molecule has 1 aromatic carbocycles. The predicted octanol–water partition coefficient (Wildman–Crippen LogP) is 5.15. The molecule has 0 fully saturated rings. The minimum Gasteiger partial charge on any atom is -0.491 e. The monoisotopic (exact) mass is 469 g/mol. The van der Waals surface area contributed by atoms with Gasteiger partial charge in [-0.25, -0.2) is 3.97 Å². The van der Waals surface area contributed by atoms with Gasteiger partial charge in [-0.1, -0.05) is 0 Å². The molecular weight excluding hydrogens is 451 g/mol. The van der Waals surface area contributed by atoms with Gasteiger partial charge in [-0.15, -0.1) is 11.3 Å². The van der Waals surface area contributed by atoms with Gasteiger partial charge in [-0.2, -0.15) is 26.7 Å². The molecule has 4 aromatic rings. The van der Waals surface area contributed by atoms with Gasteiger partial charge in [0.05, 0.1) is 16.5 Å². The Hall–Kier alpha value is -2.79. The molecule has 0 atom stereocenters. The van der Waals surface area contributed by atoms with E-state index in [0.717, 1.165) is 31.4 Å². The number of halogens is 3. The Balaban J connectivity index is 1.74. The van der Waals surface area contributed by atoms with E-state index in [1.807, 2.05) is 13.8 Å². The molecule has 0 aliphatic heterocycles. The lowest BCUT2D eigenvalue weighted by Crippen LogP contribution is -2.11. The van der Waals surface area contributed by atoms with Crippen LogP contribution in [0.1, 0.15) is 19.5 Å². The highest BCUT2D eigenvalue weighted by molar-refractivity contribution is 7.92. The minimum absolute atomic E-state index is 0.00519. The molecule has 4 rings (SSSR count). The number of hydrogen-bond donors (Lipinski definition) is 0. The smallest absolute Gasteiger partial charge is 0.433 e. The molecule has 0 saturated heterocycles. The van der Waals surface area contributed by atoms with Crippen LogP contribution in [0.15, 0.2) is 52.9 Å². The van der Waals surface area contributed by atoms with E-state index in [0.29, 0.717) is 16.1 Å². The fraction of sp³-hybridized carbons (Fsp3) is 0.250. The van der Waals surface area contributed by atoms with E-state index in [-0.39, 0.29) is 16.0 Å². The SMILES string of the molecule is CC(C)Oc1ccc2ccn(S(=O)(=O)c3ccc(-c4cc(C(F)(F)F)n(C)n4)s3)c2c1. The van der Waals surface area contributed by atoms with Crippen molar-refractivity contribution in [3.8, 4) is 16.3 Å². The van der Waals surface area contributed by atoms with E-state index >= 15 is 0 Å². The largest absolute Gasteiger partial charge is 0.491 e. The first-order valence-electron chi connectivity index (χ1n) is 9.21. The lowest BCUT2D eigenvalue weighted by molar-refractivity contribution is -0.143. The van der Waals surface area contributed by atoms with Crippen molar-refractivity contribution in [1.29, 1.82) is 0 Å². The van der Waals surface area contributed by atoms with Gasteiger partial charge in [0.1, 0.15) is 21.3 Å². The third kappa shape index (κ3) is 3.94. The number of rotatable bonds is 5. The first-order valence-corrected chi connectivity index (χ1v) is 11.5. The summed E-state index contributed by atoms with van der Waals surface area (Å²) >= 11 is 0.864. The highest BCUT2D eigenvalue weighted by atomic mass is 32.2. The first kappa shape index (κ1) is 21.4. The highest BCUT2D eigenvalue weighted by Crippen LogP contribution is 2.36. The Kier molecular flexibility index (Phi) is 5.13. The topological polar surface area (TPSA) is 66.1 Å². The lowest BCUT2D eigenvalue weighted by Gasteiger charge is -2.11. The molecule has 3 heterocycles. The van der Waals surface area contributed by atoms with Crippen molar-refractivity contribution < 1.29 is 26.3 Å². The fourth-order valence-electron chi connectivity index (χ4n) is 3.18. The summed E-state index contributed by atoms with van der Waals surface area (Å²) in [5.74, 6) is 0.540. The number of aromatic nitrogens is 3.